The molecule has 1 fully saturated rings. The maximum Gasteiger partial charge on any atom is 0.574 e. The number of pyridine rings is 2. The van der Waals surface area contributed by atoms with Crippen LogP contribution in [0.4, 0.5) is 17.6 Å². The second-order valence-corrected chi connectivity index (χ2v) is 8.14. The monoisotopic (exact) mass is 461 g/mol. The van der Waals surface area contributed by atoms with Gasteiger partial charge in [0, 0.05) is 41.5 Å². The highest BCUT2D eigenvalue weighted by atomic mass is 19.4. The van der Waals surface area contributed by atoms with E-state index in [0.717, 1.165) is 37.2 Å². The van der Waals surface area contributed by atoms with E-state index in [-0.39, 0.29) is 5.56 Å². The van der Waals surface area contributed by atoms with Crippen molar-refractivity contribution in [2.45, 2.75) is 50.6 Å². The van der Waals surface area contributed by atoms with Gasteiger partial charge in [-0.1, -0.05) is 0 Å². The average molecular weight is 461 g/mol. The number of nitrogens with one attached hydrogen (secondary N) is 1. The Balaban J connectivity index is 1.38. The summed E-state index contributed by atoms with van der Waals surface area (Å²) in [6, 6.07) is 5.27. The zero-order chi connectivity index (χ0) is 23.2. The van der Waals surface area contributed by atoms with Crippen LogP contribution in [0.15, 0.2) is 36.7 Å². The molecule has 3 aromatic heterocycles. The van der Waals surface area contributed by atoms with Crippen LogP contribution in [0.2, 0.25) is 0 Å². The molecule has 0 bridgehead atoms. The van der Waals surface area contributed by atoms with Crippen molar-refractivity contribution in [3.8, 4) is 17.1 Å². The van der Waals surface area contributed by atoms with Gasteiger partial charge < -0.3 is 10.1 Å². The van der Waals surface area contributed by atoms with Crippen LogP contribution < -0.4 is 10.1 Å². The fourth-order valence-electron chi connectivity index (χ4n) is 3.98. The first-order valence-electron chi connectivity index (χ1n) is 10.5. The lowest BCUT2D eigenvalue weighted by atomic mass is 10.0. The zero-order valence-corrected chi connectivity index (χ0v) is 17.3. The third-order valence-electron chi connectivity index (χ3n) is 5.70. The Morgan fingerprint density at radius 3 is 2.73 bits per heavy atom. The Morgan fingerprint density at radius 1 is 1.15 bits per heavy atom. The maximum absolute atomic E-state index is 14.5. The number of aryl methyl sites for hydroxylation is 1. The fraction of sp³-hybridized carbons (Fsp3) is 0.364. The number of hydrogen-bond acceptors (Lipinski definition) is 5. The SMILES string of the molecule is O=C(NC1CCCn2nc(-c3cc(C4CC4)ncc3F)cc21)c1ccnc(OC(F)(F)F)c1. The molecule has 1 aliphatic carbocycles. The van der Waals surface area contributed by atoms with Crippen LogP contribution in [-0.2, 0) is 6.54 Å². The number of carbonyl (C=O) groups excluding carboxylic acids is 1. The van der Waals surface area contributed by atoms with Gasteiger partial charge in [-0.2, -0.15) is 5.10 Å². The van der Waals surface area contributed by atoms with E-state index in [9.17, 15) is 22.4 Å². The quantitative estimate of drug-likeness (QED) is 0.565. The van der Waals surface area contributed by atoms with Crippen molar-refractivity contribution in [1.29, 1.82) is 0 Å². The first kappa shape index (κ1) is 21.4. The van der Waals surface area contributed by atoms with Crippen molar-refractivity contribution in [3.05, 3.63) is 59.4 Å². The third-order valence-corrected chi connectivity index (χ3v) is 5.70. The summed E-state index contributed by atoms with van der Waals surface area (Å²) < 4.78 is 57.4. The summed E-state index contributed by atoms with van der Waals surface area (Å²) in [6.45, 7) is 0.614. The van der Waals surface area contributed by atoms with Crippen molar-refractivity contribution >= 4 is 5.91 Å². The molecule has 172 valence electrons. The van der Waals surface area contributed by atoms with Gasteiger partial charge in [-0.05, 0) is 43.9 Å². The minimum atomic E-state index is -4.91. The van der Waals surface area contributed by atoms with E-state index in [2.05, 4.69) is 25.1 Å². The molecular weight excluding hydrogens is 442 g/mol. The molecule has 1 unspecified atom stereocenters. The average Bonchev–Trinajstić information content (AvgIpc) is 3.51. The number of carbonyl (C=O) groups is 1. The Hall–Kier alpha value is -3.50. The lowest BCUT2D eigenvalue weighted by Gasteiger charge is -2.24. The van der Waals surface area contributed by atoms with Crippen molar-refractivity contribution in [1.82, 2.24) is 25.1 Å². The van der Waals surface area contributed by atoms with Gasteiger partial charge >= 0.3 is 6.36 Å². The van der Waals surface area contributed by atoms with Crippen LogP contribution in [-0.4, -0.2) is 32.0 Å². The van der Waals surface area contributed by atoms with Gasteiger partial charge in [-0.15, -0.1) is 13.2 Å². The largest absolute Gasteiger partial charge is 0.574 e. The van der Waals surface area contributed by atoms with E-state index < -0.39 is 30.0 Å². The van der Waals surface area contributed by atoms with Crippen LogP contribution >= 0.6 is 0 Å². The first-order chi connectivity index (χ1) is 15.8. The highest BCUT2D eigenvalue weighted by Crippen LogP contribution is 2.40. The predicted octanol–water partition coefficient (Wildman–Crippen LogP) is 4.52. The molecule has 33 heavy (non-hydrogen) atoms. The highest BCUT2D eigenvalue weighted by molar-refractivity contribution is 5.94. The number of halogens is 4. The maximum atomic E-state index is 14.5. The van der Waals surface area contributed by atoms with Crippen molar-refractivity contribution in [2.75, 3.05) is 0 Å². The minimum Gasteiger partial charge on any atom is -0.388 e. The summed E-state index contributed by atoms with van der Waals surface area (Å²) in [7, 11) is 0. The number of rotatable bonds is 5. The highest BCUT2D eigenvalue weighted by Gasteiger charge is 2.32. The number of amides is 1. The number of nitrogens with zero attached hydrogens (tertiary/aromatic N) is 4. The molecule has 2 aliphatic rings. The van der Waals surface area contributed by atoms with Crippen LogP contribution in [0.1, 0.15) is 59.4 Å². The van der Waals surface area contributed by atoms with Gasteiger partial charge in [-0.3, -0.25) is 14.5 Å². The molecule has 1 N–H and O–H groups in total. The Bertz CT molecular complexity index is 1210. The lowest BCUT2D eigenvalue weighted by molar-refractivity contribution is -0.276. The molecular formula is C22H19F4N5O2. The van der Waals surface area contributed by atoms with Crippen molar-refractivity contribution < 1.29 is 27.1 Å². The van der Waals surface area contributed by atoms with E-state index in [1.807, 2.05) is 0 Å². The molecule has 0 aromatic carbocycles. The summed E-state index contributed by atoms with van der Waals surface area (Å²) in [5, 5.41) is 7.36. The smallest absolute Gasteiger partial charge is 0.388 e. The lowest BCUT2D eigenvalue weighted by Crippen LogP contribution is -2.32. The Labute approximate surface area is 185 Å². The summed E-state index contributed by atoms with van der Waals surface area (Å²) in [5.41, 5.74) is 2.35. The fourth-order valence-corrected chi connectivity index (χ4v) is 3.98. The topological polar surface area (TPSA) is 81.9 Å². The molecule has 7 nitrogen and oxygen atoms in total. The predicted molar refractivity (Wildman–Crippen MR) is 108 cm³/mol. The molecule has 1 aliphatic heterocycles. The van der Waals surface area contributed by atoms with Crippen LogP contribution in [0, 0.1) is 5.82 Å². The summed E-state index contributed by atoms with van der Waals surface area (Å²) >= 11 is 0. The van der Waals surface area contributed by atoms with E-state index in [1.54, 1.807) is 16.8 Å². The molecule has 4 heterocycles. The third kappa shape index (κ3) is 4.67. The van der Waals surface area contributed by atoms with Gasteiger partial charge in [-0.25, -0.2) is 9.37 Å². The van der Waals surface area contributed by atoms with Gasteiger partial charge in [0.1, 0.15) is 0 Å². The zero-order valence-electron chi connectivity index (χ0n) is 17.3. The van der Waals surface area contributed by atoms with Crippen molar-refractivity contribution in [3.63, 3.8) is 0 Å². The van der Waals surface area contributed by atoms with E-state index in [4.69, 9.17) is 0 Å². The first-order valence-corrected chi connectivity index (χ1v) is 10.5. The number of fused-ring (bicyclic) bond motifs is 1. The number of aromatic nitrogens is 4. The van der Waals surface area contributed by atoms with Crippen LogP contribution in [0.3, 0.4) is 0 Å². The second kappa shape index (κ2) is 8.13. The Morgan fingerprint density at radius 2 is 1.97 bits per heavy atom. The minimum absolute atomic E-state index is 0.0182. The summed E-state index contributed by atoms with van der Waals surface area (Å²) in [6.07, 6.45) is 0.792. The number of ether oxygens (including phenoxy) is 1. The van der Waals surface area contributed by atoms with E-state index >= 15 is 0 Å². The molecule has 0 radical (unpaired) electrons. The van der Waals surface area contributed by atoms with Crippen LogP contribution in [0.5, 0.6) is 5.88 Å². The molecule has 1 amide bonds. The second-order valence-electron chi connectivity index (χ2n) is 8.14. The van der Waals surface area contributed by atoms with Gasteiger partial charge in [0.2, 0.25) is 5.88 Å². The van der Waals surface area contributed by atoms with Gasteiger partial charge in [0.25, 0.3) is 5.91 Å². The molecule has 1 atom stereocenters. The number of hydrogen-bond donors (Lipinski definition) is 1. The molecule has 1 saturated carbocycles. The number of alkyl halides is 3. The molecule has 0 saturated heterocycles. The standard InChI is InChI=1S/C22H19F4N5O2/c23-15-11-28-17(12-3-4-12)9-14(15)18-10-19-16(2-1-7-31(19)30-18)29-21(32)13-5-6-27-20(8-13)33-22(24,25)26/h5-6,8-12,16H,1-4,7H2,(H,29,32). The van der Waals surface area contributed by atoms with Gasteiger partial charge in [0.05, 0.1) is 23.6 Å². The molecule has 3 aromatic rings. The molecule has 11 heteroatoms. The molecule has 5 rings (SSSR count). The Kier molecular flexibility index (Phi) is 5.26. The van der Waals surface area contributed by atoms with Crippen LogP contribution in [0.25, 0.3) is 11.3 Å². The van der Waals surface area contributed by atoms with E-state index in [0.29, 0.717) is 35.8 Å². The molecule has 0 spiro atoms. The van der Waals surface area contributed by atoms with Gasteiger partial charge in [0.15, 0.2) is 5.82 Å². The van der Waals surface area contributed by atoms with E-state index in [1.165, 1.54) is 12.3 Å². The summed E-state index contributed by atoms with van der Waals surface area (Å²) in [4.78, 5) is 20.4. The normalized spacial score (nSPS) is 18.0. The van der Waals surface area contributed by atoms with Crippen molar-refractivity contribution in [2.24, 2.45) is 0 Å². The summed E-state index contributed by atoms with van der Waals surface area (Å²) in [5.74, 6) is -1.40.